The maximum Gasteiger partial charge on any atom is 0.306 e. The van der Waals surface area contributed by atoms with Gasteiger partial charge in [-0.25, -0.2) is 0 Å². The Bertz CT molecular complexity index is 813. The molecule has 0 N–H and O–H groups in total. The topological polar surface area (TPSA) is 43.4 Å². The van der Waals surface area contributed by atoms with E-state index >= 15 is 0 Å². The summed E-state index contributed by atoms with van der Waals surface area (Å²) in [5.41, 5.74) is 1.41. The number of fused-ring (bicyclic) bond motifs is 5. The van der Waals surface area contributed by atoms with Gasteiger partial charge >= 0.3 is 5.97 Å². The van der Waals surface area contributed by atoms with Gasteiger partial charge in [-0.3, -0.25) is 9.59 Å². The highest BCUT2D eigenvalue weighted by atomic mass is 16.5. The summed E-state index contributed by atoms with van der Waals surface area (Å²) in [6.07, 6.45) is 14.0. The number of carbonyl (C=O) groups is 2. The molecule has 0 amide bonds. The third kappa shape index (κ3) is 3.66. The number of carbonyl (C=O) groups excluding carboxylic acids is 2. The number of esters is 1. The van der Waals surface area contributed by atoms with Crippen LogP contribution in [0.4, 0.5) is 0 Å². The van der Waals surface area contributed by atoms with Gasteiger partial charge in [0.25, 0.3) is 0 Å². The molecule has 0 saturated heterocycles. The van der Waals surface area contributed by atoms with E-state index < -0.39 is 0 Å². The van der Waals surface area contributed by atoms with Crippen molar-refractivity contribution in [3.63, 3.8) is 0 Å². The molecule has 0 aromatic heterocycles. The van der Waals surface area contributed by atoms with Gasteiger partial charge < -0.3 is 4.74 Å². The van der Waals surface area contributed by atoms with Gasteiger partial charge in [0.05, 0.1) is 0 Å². The summed E-state index contributed by atoms with van der Waals surface area (Å²) in [5.74, 6) is 2.06. The Morgan fingerprint density at radius 2 is 1.79 bits per heavy atom. The zero-order valence-corrected chi connectivity index (χ0v) is 22.3. The van der Waals surface area contributed by atoms with E-state index in [9.17, 15) is 9.59 Å². The normalized spacial score (nSPS) is 46.7. The van der Waals surface area contributed by atoms with E-state index in [-0.39, 0.29) is 28.3 Å². The molecule has 3 saturated carbocycles. The van der Waals surface area contributed by atoms with Crippen LogP contribution in [0.2, 0.25) is 0 Å². The van der Waals surface area contributed by atoms with Gasteiger partial charge in [-0.2, -0.15) is 0 Å². The van der Waals surface area contributed by atoms with Crippen LogP contribution in [0.3, 0.4) is 0 Å². The standard InChI is InChI=1S/C30H48O3/c1-8-27(4)15-9-16-28(5)22(27)14-17-29(6)23-12-11-21(19-31)30(23,7)25(18-24(28)29)33-26(32)13-10-20(2)3/h11,19-20,22-25H,8-10,12-18H2,1-7H3/t22-,23-,24+,25-,27-,28-,29-,30+/m0/s1. The Kier molecular flexibility index (Phi) is 6.45. The summed E-state index contributed by atoms with van der Waals surface area (Å²) in [6.45, 7) is 16.6. The number of hydrogen-bond acceptors (Lipinski definition) is 3. The highest BCUT2D eigenvalue weighted by molar-refractivity contribution is 5.77. The summed E-state index contributed by atoms with van der Waals surface area (Å²) in [7, 11) is 0. The van der Waals surface area contributed by atoms with Gasteiger partial charge in [0.1, 0.15) is 12.4 Å². The Morgan fingerprint density at radius 3 is 2.42 bits per heavy atom. The lowest BCUT2D eigenvalue weighted by Gasteiger charge is -2.69. The molecule has 0 heterocycles. The summed E-state index contributed by atoms with van der Waals surface area (Å²) in [6, 6.07) is 0. The average molecular weight is 457 g/mol. The van der Waals surface area contributed by atoms with E-state index in [0.29, 0.717) is 29.6 Å². The van der Waals surface area contributed by atoms with Crippen molar-refractivity contribution in [2.75, 3.05) is 0 Å². The lowest BCUT2D eigenvalue weighted by molar-refractivity contribution is -0.221. The molecule has 0 spiro atoms. The van der Waals surface area contributed by atoms with Crippen molar-refractivity contribution in [3.8, 4) is 0 Å². The monoisotopic (exact) mass is 456 g/mol. The van der Waals surface area contributed by atoms with Crippen LogP contribution in [0, 0.1) is 45.3 Å². The van der Waals surface area contributed by atoms with Crippen molar-refractivity contribution in [1.82, 2.24) is 0 Å². The van der Waals surface area contributed by atoms with Crippen molar-refractivity contribution in [2.45, 2.75) is 119 Å². The maximum absolute atomic E-state index is 13.0. The molecule has 0 unspecified atom stereocenters. The summed E-state index contributed by atoms with van der Waals surface area (Å²) in [4.78, 5) is 25.1. The maximum atomic E-state index is 13.0. The summed E-state index contributed by atoms with van der Waals surface area (Å²) >= 11 is 0. The summed E-state index contributed by atoms with van der Waals surface area (Å²) < 4.78 is 6.35. The number of allylic oxidation sites excluding steroid dienone is 1. The van der Waals surface area contributed by atoms with Gasteiger partial charge in [-0.15, -0.1) is 0 Å². The highest BCUT2D eigenvalue weighted by Gasteiger charge is 2.68. The van der Waals surface area contributed by atoms with E-state index in [1.54, 1.807) is 0 Å². The zero-order chi connectivity index (χ0) is 24.2. The molecular weight excluding hydrogens is 408 g/mol. The van der Waals surface area contributed by atoms with Gasteiger partial charge in [0.2, 0.25) is 0 Å². The van der Waals surface area contributed by atoms with Crippen LogP contribution < -0.4 is 0 Å². The molecular formula is C30H48O3. The van der Waals surface area contributed by atoms with Gasteiger partial charge in [-0.1, -0.05) is 67.4 Å². The van der Waals surface area contributed by atoms with Crippen molar-refractivity contribution in [1.29, 1.82) is 0 Å². The second-order valence-corrected chi connectivity index (χ2v) is 13.5. The fourth-order valence-electron chi connectivity index (χ4n) is 9.58. The number of hydrogen-bond donors (Lipinski definition) is 0. The van der Waals surface area contributed by atoms with Crippen LogP contribution in [0.25, 0.3) is 0 Å². The van der Waals surface area contributed by atoms with Gasteiger partial charge in [0, 0.05) is 11.8 Å². The van der Waals surface area contributed by atoms with Crippen molar-refractivity contribution >= 4 is 12.3 Å². The molecule has 0 aromatic rings. The van der Waals surface area contributed by atoms with Crippen LogP contribution in [-0.2, 0) is 14.3 Å². The van der Waals surface area contributed by atoms with Crippen LogP contribution in [0.5, 0.6) is 0 Å². The van der Waals surface area contributed by atoms with Crippen LogP contribution >= 0.6 is 0 Å². The van der Waals surface area contributed by atoms with Crippen LogP contribution in [-0.4, -0.2) is 18.4 Å². The lowest BCUT2D eigenvalue weighted by Crippen LogP contribution is -2.64. The Hall–Kier alpha value is -1.12. The van der Waals surface area contributed by atoms with Crippen molar-refractivity contribution in [2.24, 2.45) is 45.3 Å². The third-order valence-electron chi connectivity index (χ3n) is 11.6. The largest absolute Gasteiger partial charge is 0.461 e. The molecule has 3 heteroatoms. The number of aldehydes is 1. The average Bonchev–Trinajstić information content (AvgIpc) is 3.12. The van der Waals surface area contributed by atoms with Crippen LogP contribution in [0.1, 0.15) is 113 Å². The fourth-order valence-corrected chi connectivity index (χ4v) is 9.58. The second kappa shape index (κ2) is 8.52. The first-order chi connectivity index (χ1) is 15.5. The number of rotatable bonds is 6. The molecule has 3 nitrogen and oxygen atoms in total. The van der Waals surface area contributed by atoms with E-state index in [2.05, 4.69) is 54.5 Å². The molecule has 0 aromatic carbocycles. The third-order valence-corrected chi connectivity index (χ3v) is 11.6. The molecule has 0 bridgehead atoms. The minimum atomic E-state index is -0.355. The van der Waals surface area contributed by atoms with Gasteiger partial charge in [0.15, 0.2) is 0 Å². The first kappa shape index (κ1) is 25.0. The van der Waals surface area contributed by atoms with Gasteiger partial charge in [-0.05, 0) is 90.4 Å². The first-order valence-corrected chi connectivity index (χ1v) is 13.8. The Balaban J connectivity index is 1.71. The molecule has 0 radical (unpaired) electrons. The Labute approximate surface area is 202 Å². The molecule has 0 aliphatic heterocycles. The smallest absolute Gasteiger partial charge is 0.306 e. The zero-order valence-electron chi connectivity index (χ0n) is 22.3. The van der Waals surface area contributed by atoms with Crippen molar-refractivity contribution < 1.29 is 14.3 Å². The second-order valence-electron chi connectivity index (χ2n) is 13.5. The predicted molar refractivity (Wildman–Crippen MR) is 134 cm³/mol. The SMILES string of the molecule is CC[C@@]1(C)CCC[C@]2(C)[C@H]3C[C@H](OC(=O)CCC(C)C)[C@]4(C)C(C=O)=CC[C@H]4[C@]3(C)CC[C@@H]12. The Morgan fingerprint density at radius 1 is 1.09 bits per heavy atom. The highest BCUT2D eigenvalue weighted by Crippen LogP contribution is 2.73. The molecule has 3 fully saturated rings. The number of ether oxygens (including phenoxy) is 1. The predicted octanol–water partition coefficient (Wildman–Crippen LogP) is 7.53. The van der Waals surface area contributed by atoms with Crippen molar-refractivity contribution in [3.05, 3.63) is 11.6 Å². The molecule has 4 aliphatic rings. The quantitative estimate of drug-likeness (QED) is 0.306. The fraction of sp³-hybridized carbons (Fsp3) is 0.867. The van der Waals surface area contributed by atoms with E-state index in [0.717, 1.165) is 37.0 Å². The molecule has 4 rings (SSSR count). The summed E-state index contributed by atoms with van der Waals surface area (Å²) in [5, 5.41) is 0. The minimum Gasteiger partial charge on any atom is -0.461 e. The van der Waals surface area contributed by atoms with E-state index in [1.807, 2.05) is 0 Å². The van der Waals surface area contributed by atoms with Crippen LogP contribution in [0.15, 0.2) is 11.6 Å². The van der Waals surface area contributed by atoms with E-state index in [4.69, 9.17) is 4.74 Å². The molecule has 33 heavy (non-hydrogen) atoms. The van der Waals surface area contributed by atoms with E-state index in [1.165, 1.54) is 38.5 Å². The molecule has 8 atom stereocenters. The lowest BCUT2D eigenvalue weighted by atomic mass is 9.36. The molecule has 186 valence electrons. The molecule has 4 aliphatic carbocycles. The first-order valence-electron chi connectivity index (χ1n) is 13.8. The minimum absolute atomic E-state index is 0.0750.